The Balaban J connectivity index is 1.83. The lowest BCUT2D eigenvalue weighted by Gasteiger charge is -2.20. The van der Waals surface area contributed by atoms with Gasteiger partial charge in [-0.05, 0) is 36.8 Å². The van der Waals surface area contributed by atoms with E-state index in [4.69, 9.17) is 5.73 Å². The summed E-state index contributed by atoms with van der Waals surface area (Å²) in [6.07, 6.45) is 2.77. The van der Waals surface area contributed by atoms with Crippen molar-refractivity contribution in [3.05, 3.63) is 21.4 Å². The average Bonchev–Trinajstić information content (AvgIpc) is 3.00. The standard InChI is InChI=1S/C15H20N2O3S/c1-8-2-3-12-9(4-8)5-13(21-12)15(20)17-7-10(18)6-11(17)14(16)19/h5,8,10-11,18H,2-4,6-7H2,1H3,(H2,16,19)/t8-,10-,11+/m1/s1. The maximum atomic E-state index is 12.6. The van der Waals surface area contributed by atoms with E-state index in [0.717, 1.165) is 19.3 Å². The molecule has 2 aliphatic rings. The van der Waals surface area contributed by atoms with Gasteiger partial charge in [0, 0.05) is 17.8 Å². The minimum atomic E-state index is -0.689. The number of rotatable bonds is 2. The zero-order valence-electron chi connectivity index (χ0n) is 12.0. The monoisotopic (exact) mass is 308 g/mol. The van der Waals surface area contributed by atoms with E-state index < -0.39 is 18.1 Å². The zero-order chi connectivity index (χ0) is 15.1. The minimum Gasteiger partial charge on any atom is -0.391 e. The summed E-state index contributed by atoms with van der Waals surface area (Å²) in [5, 5.41) is 9.71. The largest absolute Gasteiger partial charge is 0.391 e. The van der Waals surface area contributed by atoms with Gasteiger partial charge < -0.3 is 15.7 Å². The molecule has 0 aromatic carbocycles. The summed E-state index contributed by atoms with van der Waals surface area (Å²) < 4.78 is 0. The van der Waals surface area contributed by atoms with Crippen molar-refractivity contribution in [3.63, 3.8) is 0 Å². The maximum Gasteiger partial charge on any atom is 0.264 e. The fraction of sp³-hybridized carbons (Fsp3) is 0.600. The first-order valence-corrected chi connectivity index (χ1v) is 8.17. The van der Waals surface area contributed by atoms with Crippen molar-refractivity contribution >= 4 is 23.2 Å². The van der Waals surface area contributed by atoms with E-state index in [1.165, 1.54) is 26.7 Å². The third-order valence-electron chi connectivity index (χ3n) is 4.41. The number of aliphatic hydroxyl groups excluding tert-OH is 1. The highest BCUT2D eigenvalue weighted by molar-refractivity contribution is 7.14. The van der Waals surface area contributed by atoms with Gasteiger partial charge in [-0.2, -0.15) is 0 Å². The summed E-state index contributed by atoms with van der Waals surface area (Å²) in [6.45, 7) is 2.41. The number of nitrogens with two attached hydrogens (primary N) is 1. The van der Waals surface area contributed by atoms with Crippen molar-refractivity contribution in [2.45, 2.75) is 44.8 Å². The second kappa shape index (κ2) is 5.42. The molecule has 3 rings (SSSR count). The molecule has 3 N–H and O–H groups in total. The van der Waals surface area contributed by atoms with Crippen LogP contribution in [0.4, 0.5) is 0 Å². The second-order valence-corrected chi connectivity index (χ2v) is 7.31. The van der Waals surface area contributed by atoms with Gasteiger partial charge in [0.15, 0.2) is 0 Å². The number of thiophene rings is 1. The third-order valence-corrected chi connectivity index (χ3v) is 5.63. The lowest BCUT2D eigenvalue weighted by atomic mass is 9.90. The molecule has 0 bridgehead atoms. The van der Waals surface area contributed by atoms with Crippen LogP contribution in [0.2, 0.25) is 0 Å². The molecular formula is C15H20N2O3S. The average molecular weight is 308 g/mol. The molecule has 1 aromatic rings. The van der Waals surface area contributed by atoms with Crippen LogP contribution in [0.1, 0.15) is 39.9 Å². The first-order valence-electron chi connectivity index (χ1n) is 7.35. The van der Waals surface area contributed by atoms with Crippen molar-refractivity contribution in [2.24, 2.45) is 11.7 Å². The third kappa shape index (κ3) is 2.70. The number of fused-ring (bicyclic) bond motifs is 1. The van der Waals surface area contributed by atoms with Crippen molar-refractivity contribution in [2.75, 3.05) is 6.54 Å². The van der Waals surface area contributed by atoms with Gasteiger partial charge in [0.1, 0.15) is 6.04 Å². The first-order chi connectivity index (χ1) is 9.95. The van der Waals surface area contributed by atoms with Gasteiger partial charge in [-0.3, -0.25) is 9.59 Å². The highest BCUT2D eigenvalue weighted by Crippen LogP contribution is 2.33. The second-order valence-electron chi connectivity index (χ2n) is 6.17. The van der Waals surface area contributed by atoms with Crippen LogP contribution >= 0.6 is 11.3 Å². The van der Waals surface area contributed by atoms with E-state index in [0.29, 0.717) is 10.8 Å². The normalized spacial score (nSPS) is 28.5. The summed E-state index contributed by atoms with van der Waals surface area (Å²) in [6, 6.07) is 1.27. The number of nitrogens with zero attached hydrogens (tertiary/aromatic N) is 1. The predicted molar refractivity (Wildman–Crippen MR) is 80.2 cm³/mol. The molecule has 0 spiro atoms. The predicted octanol–water partition coefficient (Wildman–Crippen LogP) is 0.934. The van der Waals surface area contributed by atoms with Crippen LogP contribution in [0.5, 0.6) is 0 Å². The highest BCUT2D eigenvalue weighted by Gasteiger charge is 2.38. The summed E-state index contributed by atoms with van der Waals surface area (Å²) in [5.74, 6) is -0.0701. The van der Waals surface area contributed by atoms with E-state index in [1.807, 2.05) is 6.07 Å². The Hall–Kier alpha value is -1.40. The molecule has 21 heavy (non-hydrogen) atoms. The molecule has 6 heteroatoms. The van der Waals surface area contributed by atoms with Crippen LogP contribution < -0.4 is 5.73 Å². The molecule has 0 unspecified atom stereocenters. The number of carbonyl (C=O) groups is 2. The van der Waals surface area contributed by atoms with Crippen LogP contribution in [-0.4, -0.2) is 40.5 Å². The molecule has 1 aliphatic heterocycles. The Morgan fingerprint density at radius 1 is 1.48 bits per heavy atom. The van der Waals surface area contributed by atoms with Crippen LogP contribution in [0, 0.1) is 5.92 Å². The van der Waals surface area contributed by atoms with E-state index in [9.17, 15) is 14.7 Å². The zero-order valence-corrected chi connectivity index (χ0v) is 12.9. The van der Waals surface area contributed by atoms with Gasteiger partial charge >= 0.3 is 0 Å². The van der Waals surface area contributed by atoms with Crippen LogP contribution in [0.15, 0.2) is 6.07 Å². The van der Waals surface area contributed by atoms with E-state index in [1.54, 1.807) is 0 Å². The van der Waals surface area contributed by atoms with Crippen molar-refractivity contribution in [3.8, 4) is 0 Å². The van der Waals surface area contributed by atoms with E-state index in [2.05, 4.69) is 6.92 Å². The Morgan fingerprint density at radius 2 is 2.24 bits per heavy atom. The number of likely N-dealkylation sites (tertiary alicyclic amines) is 1. The number of aliphatic hydroxyl groups is 1. The van der Waals surface area contributed by atoms with Gasteiger partial charge in [-0.15, -0.1) is 11.3 Å². The lowest BCUT2D eigenvalue weighted by Crippen LogP contribution is -2.43. The highest BCUT2D eigenvalue weighted by atomic mass is 32.1. The summed E-state index contributed by atoms with van der Waals surface area (Å²) in [5.41, 5.74) is 6.60. The van der Waals surface area contributed by atoms with E-state index in [-0.39, 0.29) is 18.9 Å². The smallest absolute Gasteiger partial charge is 0.264 e. The lowest BCUT2D eigenvalue weighted by molar-refractivity contribution is -0.121. The first kappa shape index (κ1) is 14.5. The number of hydrogen-bond donors (Lipinski definition) is 2. The van der Waals surface area contributed by atoms with Gasteiger partial charge in [-0.1, -0.05) is 6.92 Å². The number of aryl methyl sites for hydroxylation is 1. The molecule has 2 heterocycles. The summed E-state index contributed by atoms with van der Waals surface area (Å²) in [4.78, 5) is 27.4. The molecule has 3 atom stereocenters. The number of amides is 2. The Bertz CT molecular complexity index is 583. The van der Waals surface area contributed by atoms with Gasteiger partial charge in [0.2, 0.25) is 5.91 Å². The molecule has 114 valence electrons. The van der Waals surface area contributed by atoms with Crippen molar-refractivity contribution in [1.29, 1.82) is 0 Å². The van der Waals surface area contributed by atoms with Crippen molar-refractivity contribution in [1.82, 2.24) is 4.90 Å². The number of primary amides is 1. The topological polar surface area (TPSA) is 83.6 Å². The van der Waals surface area contributed by atoms with Crippen LogP contribution in [0.25, 0.3) is 0 Å². The molecule has 1 fully saturated rings. The molecule has 1 aromatic heterocycles. The Morgan fingerprint density at radius 3 is 2.95 bits per heavy atom. The SMILES string of the molecule is C[C@@H]1CCc2sc(C(=O)N3C[C@H](O)C[C@H]3C(N)=O)cc2C1. The molecule has 0 saturated carbocycles. The molecule has 5 nitrogen and oxygen atoms in total. The fourth-order valence-electron chi connectivity index (χ4n) is 3.26. The molecular weight excluding hydrogens is 288 g/mol. The van der Waals surface area contributed by atoms with E-state index >= 15 is 0 Å². The van der Waals surface area contributed by atoms with Crippen LogP contribution in [0.3, 0.4) is 0 Å². The minimum absolute atomic E-state index is 0.178. The van der Waals surface area contributed by atoms with Gasteiger partial charge in [-0.25, -0.2) is 0 Å². The number of β-amino-alcohol motifs (C(OH)–C–C–N with tert-alkyl or cyclic N) is 1. The number of carbonyl (C=O) groups excluding carboxylic acids is 2. The maximum absolute atomic E-state index is 12.6. The number of hydrogen-bond acceptors (Lipinski definition) is 4. The summed E-state index contributed by atoms with van der Waals surface area (Å²) in [7, 11) is 0. The Kier molecular flexibility index (Phi) is 3.75. The van der Waals surface area contributed by atoms with Crippen molar-refractivity contribution < 1.29 is 14.7 Å². The molecule has 2 amide bonds. The van der Waals surface area contributed by atoms with Gasteiger partial charge in [0.05, 0.1) is 11.0 Å². The quantitative estimate of drug-likeness (QED) is 0.852. The van der Waals surface area contributed by atoms with Gasteiger partial charge in [0.25, 0.3) is 5.91 Å². The summed E-state index contributed by atoms with van der Waals surface area (Å²) >= 11 is 1.52. The molecule has 0 radical (unpaired) electrons. The Labute approximate surface area is 127 Å². The molecule has 1 saturated heterocycles. The fourth-order valence-corrected chi connectivity index (χ4v) is 4.43. The molecule has 1 aliphatic carbocycles. The van der Waals surface area contributed by atoms with Crippen LogP contribution in [-0.2, 0) is 17.6 Å².